The third-order valence-electron chi connectivity index (χ3n) is 6.05. The average molecular weight is 471 g/mol. The molecule has 1 aromatic heterocycles. The Morgan fingerprint density at radius 3 is 2.59 bits per heavy atom. The van der Waals surface area contributed by atoms with E-state index in [1.54, 1.807) is 36.2 Å². The van der Waals surface area contributed by atoms with Gasteiger partial charge in [0, 0.05) is 56.8 Å². The van der Waals surface area contributed by atoms with Gasteiger partial charge in [-0.3, -0.25) is 14.4 Å². The third kappa shape index (κ3) is 5.60. The number of aryl methyl sites for hydroxylation is 1. The van der Waals surface area contributed by atoms with Crippen molar-refractivity contribution in [3.63, 3.8) is 0 Å². The van der Waals surface area contributed by atoms with Crippen molar-refractivity contribution < 1.29 is 23.0 Å². The van der Waals surface area contributed by atoms with Crippen LogP contribution >= 0.6 is 0 Å². The Morgan fingerprint density at radius 2 is 1.91 bits per heavy atom. The highest BCUT2D eigenvalue weighted by Crippen LogP contribution is 2.32. The number of piperidine rings is 1. The lowest BCUT2D eigenvalue weighted by molar-refractivity contribution is 0.0375. The van der Waals surface area contributed by atoms with Crippen LogP contribution < -0.4 is 10.1 Å². The molecule has 2 heterocycles. The minimum Gasteiger partial charge on any atom is -0.492 e. The Hall–Kier alpha value is -3.30. The molecule has 7 nitrogen and oxygen atoms in total. The number of nitrogens with zero attached hydrogens (tertiary/aromatic N) is 3. The predicted octanol–water partition coefficient (Wildman–Crippen LogP) is 4.11. The van der Waals surface area contributed by atoms with Crippen LogP contribution in [0.2, 0.25) is 0 Å². The quantitative estimate of drug-likeness (QED) is 0.537. The second-order valence-corrected chi connectivity index (χ2v) is 8.26. The molecule has 0 bridgehead atoms. The van der Waals surface area contributed by atoms with Gasteiger partial charge in [0.15, 0.2) is 11.6 Å². The van der Waals surface area contributed by atoms with Crippen LogP contribution in [0.3, 0.4) is 0 Å². The summed E-state index contributed by atoms with van der Waals surface area (Å²) in [6.45, 7) is 3.27. The number of carbonyl (C=O) groups excluding carboxylic acids is 1. The van der Waals surface area contributed by atoms with Gasteiger partial charge >= 0.3 is 0 Å². The second kappa shape index (κ2) is 10.8. The van der Waals surface area contributed by atoms with E-state index >= 15 is 0 Å². The van der Waals surface area contributed by atoms with Crippen molar-refractivity contribution in [2.75, 3.05) is 38.7 Å². The minimum absolute atomic E-state index is 0.0264. The first-order valence-corrected chi connectivity index (χ1v) is 11.2. The Bertz CT molecular complexity index is 1140. The van der Waals surface area contributed by atoms with Gasteiger partial charge in [-0.05, 0) is 55.3 Å². The van der Waals surface area contributed by atoms with Crippen LogP contribution in [0.5, 0.6) is 5.75 Å². The number of halogens is 2. The molecule has 0 unspecified atom stereocenters. The Morgan fingerprint density at radius 1 is 1.12 bits per heavy atom. The fraction of sp³-hybridized carbons (Fsp3) is 0.360. The van der Waals surface area contributed by atoms with E-state index in [2.05, 4.69) is 15.3 Å². The van der Waals surface area contributed by atoms with E-state index in [4.69, 9.17) is 9.47 Å². The number of likely N-dealkylation sites (tertiary alicyclic amines) is 1. The maximum atomic E-state index is 13.5. The summed E-state index contributed by atoms with van der Waals surface area (Å²) in [5, 5.41) is 6.97. The molecule has 0 radical (unpaired) electrons. The van der Waals surface area contributed by atoms with Gasteiger partial charge in [0.1, 0.15) is 12.4 Å². The number of rotatable bonds is 8. The highest BCUT2D eigenvalue weighted by Gasteiger charge is 2.19. The van der Waals surface area contributed by atoms with Crippen molar-refractivity contribution in [1.82, 2.24) is 14.7 Å². The van der Waals surface area contributed by atoms with Crippen molar-refractivity contribution >= 4 is 11.6 Å². The lowest BCUT2D eigenvalue weighted by Crippen LogP contribution is -2.38. The van der Waals surface area contributed by atoms with Gasteiger partial charge in [-0.1, -0.05) is 0 Å². The molecule has 34 heavy (non-hydrogen) atoms. The van der Waals surface area contributed by atoms with Crippen LogP contribution in [0.15, 0.2) is 48.7 Å². The predicted molar refractivity (Wildman–Crippen MR) is 125 cm³/mol. The van der Waals surface area contributed by atoms with E-state index in [0.717, 1.165) is 55.9 Å². The number of carbonyl (C=O) groups is 1. The first-order chi connectivity index (χ1) is 16.4. The van der Waals surface area contributed by atoms with Gasteiger partial charge in [-0.2, -0.15) is 5.10 Å². The van der Waals surface area contributed by atoms with E-state index in [0.29, 0.717) is 24.1 Å². The highest BCUT2D eigenvalue weighted by molar-refractivity contribution is 6.04. The summed E-state index contributed by atoms with van der Waals surface area (Å²) in [6.07, 6.45) is 4.06. The summed E-state index contributed by atoms with van der Waals surface area (Å²) in [6, 6.07) is 10.2. The molecule has 0 atom stereocenters. The smallest absolute Gasteiger partial charge is 0.255 e. The molecule has 1 amide bonds. The zero-order chi connectivity index (χ0) is 24.1. The molecule has 1 aliphatic rings. The molecule has 4 rings (SSSR count). The summed E-state index contributed by atoms with van der Waals surface area (Å²) in [4.78, 5) is 14.9. The molecule has 1 saturated heterocycles. The number of hydrogen-bond donors (Lipinski definition) is 1. The molecule has 0 spiro atoms. The van der Waals surface area contributed by atoms with Gasteiger partial charge in [0.05, 0.1) is 11.8 Å². The molecule has 3 aromatic rings. The second-order valence-electron chi connectivity index (χ2n) is 8.26. The molecule has 1 fully saturated rings. The molecule has 0 saturated carbocycles. The van der Waals surface area contributed by atoms with E-state index in [1.807, 2.05) is 13.1 Å². The number of nitrogens with one attached hydrogen (secondary N) is 1. The fourth-order valence-corrected chi connectivity index (χ4v) is 4.07. The third-order valence-corrected chi connectivity index (χ3v) is 6.05. The molecule has 180 valence electrons. The van der Waals surface area contributed by atoms with Crippen LogP contribution in [-0.2, 0) is 11.8 Å². The van der Waals surface area contributed by atoms with Crippen LogP contribution in [0, 0.1) is 11.6 Å². The zero-order valence-corrected chi connectivity index (χ0v) is 19.3. The van der Waals surface area contributed by atoms with Crippen molar-refractivity contribution in [1.29, 1.82) is 0 Å². The highest BCUT2D eigenvalue weighted by atomic mass is 19.2. The molecule has 0 aliphatic carbocycles. The van der Waals surface area contributed by atoms with Crippen molar-refractivity contribution in [3.8, 4) is 17.0 Å². The van der Waals surface area contributed by atoms with Gasteiger partial charge in [-0.15, -0.1) is 0 Å². The number of amides is 1. The average Bonchev–Trinajstić information content (AvgIpc) is 3.27. The number of aromatic nitrogens is 2. The number of ether oxygens (including phenoxy) is 2. The molecule has 1 aliphatic heterocycles. The first-order valence-electron chi connectivity index (χ1n) is 11.2. The Kier molecular flexibility index (Phi) is 7.54. The van der Waals surface area contributed by atoms with Crippen LogP contribution in [0.4, 0.5) is 14.5 Å². The SMILES string of the molecule is COC1CCN(CCOc2ccc(NC(=O)c3ccc(F)c(F)c3)cc2-c2ccnn2C)CC1. The summed E-state index contributed by atoms with van der Waals surface area (Å²) in [5.41, 5.74) is 2.11. The largest absolute Gasteiger partial charge is 0.492 e. The summed E-state index contributed by atoms with van der Waals surface area (Å²) in [7, 11) is 3.58. The number of hydrogen-bond acceptors (Lipinski definition) is 5. The van der Waals surface area contributed by atoms with Gasteiger partial charge < -0.3 is 14.8 Å². The molecule has 9 heteroatoms. The van der Waals surface area contributed by atoms with Gasteiger partial charge in [0.25, 0.3) is 5.91 Å². The topological polar surface area (TPSA) is 68.6 Å². The Labute approximate surface area is 197 Å². The van der Waals surface area contributed by atoms with Gasteiger partial charge in [0.2, 0.25) is 0 Å². The molecule has 2 aromatic carbocycles. The number of methoxy groups -OCH3 is 1. The molecule has 1 N–H and O–H groups in total. The number of anilines is 1. The van der Waals surface area contributed by atoms with Gasteiger partial charge in [-0.25, -0.2) is 8.78 Å². The summed E-state index contributed by atoms with van der Waals surface area (Å²) in [5.74, 6) is -1.94. The summed E-state index contributed by atoms with van der Waals surface area (Å²) < 4.78 is 40.0. The lowest BCUT2D eigenvalue weighted by Gasteiger charge is -2.31. The first kappa shape index (κ1) is 23.8. The standard InChI is InChI=1S/C25H28F2N4O3/c1-30-23(7-10-28-30)20-16-18(29-25(32)17-3-5-21(26)22(27)15-17)4-6-24(20)34-14-13-31-11-8-19(33-2)9-12-31/h3-7,10,15-16,19H,8-9,11-14H2,1-2H3,(H,29,32). The van der Waals surface area contributed by atoms with Crippen molar-refractivity contribution in [3.05, 3.63) is 65.9 Å². The fourth-order valence-electron chi connectivity index (χ4n) is 4.07. The number of benzene rings is 2. The monoisotopic (exact) mass is 470 g/mol. The van der Waals surface area contributed by atoms with E-state index < -0.39 is 17.5 Å². The van der Waals surface area contributed by atoms with E-state index in [9.17, 15) is 13.6 Å². The molecular formula is C25H28F2N4O3. The van der Waals surface area contributed by atoms with Crippen LogP contribution in [-0.4, -0.2) is 60.0 Å². The van der Waals surface area contributed by atoms with Crippen LogP contribution in [0.25, 0.3) is 11.3 Å². The summed E-state index contributed by atoms with van der Waals surface area (Å²) >= 11 is 0. The van der Waals surface area contributed by atoms with E-state index in [-0.39, 0.29) is 5.56 Å². The van der Waals surface area contributed by atoms with E-state index in [1.165, 1.54) is 6.07 Å². The maximum absolute atomic E-state index is 13.5. The Balaban J connectivity index is 1.47. The zero-order valence-electron chi connectivity index (χ0n) is 19.3. The van der Waals surface area contributed by atoms with Crippen molar-refractivity contribution in [2.24, 2.45) is 7.05 Å². The maximum Gasteiger partial charge on any atom is 0.255 e. The van der Waals surface area contributed by atoms with Crippen molar-refractivity contribution in [2.45, 2.75) is 18.9 Å². The van der Waals surface area contributed by atoms with Crippen LogP contribution in [0.1, 0.15) is 23.2 Å². The lowest BCUT2D eigenvalue weighted by atomic mass is 10.1. The molecular weight excluding hydrogens is 442 g/mol. The minimum atomic E-state index is -1.07. The normalized spacial score (nSPS) is 14.8.